The van der Waals surface area contributed by atoms with Crippen LogP contribution in [-0.4, -0.2) is 17.7 Å². The maximum atomic E-state index is 13.0. The van der Waals surface area contributed by atoms with Crippen molar-refractivity contribution in [3.05, 3.63) is 65.5 Å². The van der Waals surface area contributed by atoms with E-state index in [0.717, 1.165) is 24.2 Å². The molecule has 0 heterocycles. The third-order valence-corrected chi connectivity index (χ3v) is 3.70. The van der Waals surface area contributed by atoms with Gasteiger partial charge in [0, 0.05) is 0 Å². The summed E-state index contributed by atoms with van der Waals surface area (Å²) >= 11 is 0. The van der Waals surface area contributed by atoms with Gasteiger partial charge in [-0.15, -0.1) is 0 Å². The fourth-order valence-electron chi connectivity index (χ4n) is 2.33. The number of aliphatic carboxylic acids is 1. The highest BCUT2D eigenvalue weighted by molar-refractivity contribution is 5.76. The molecule has 23 heavy (non-hydrogen) atoms. The molecule has 122 valence electrons. The minimum absolute atomic E-state index is 0.357. The number of carbonyl (C=O) groups is 1. The number of hydrogen-bond acceptors (Lipinski definition) is 2. The molecule has 4 heteroatoms. The molecular formula is C19H21FO3. The Balaban J connectivity index is 2.05. The number of carboxylic acid groups (broad SMARTS) is 1. The highest BCUT2D eigenvalue weighted by Crippen LogP contribution is 2.23. The Morgan fingerprint density at radius 1 is 1.13 bits per heavy atom. The van der Waals surface area contributed by atoms with E-state index in [-0.39, 0.29) is 5.82 Å². The van der Waals surface area contributed by atoms with E-state index in [2.05, 4.69) is 6.92 Å². The van der Waals surface area contributed by atoms with E-state index in [1.54, 1.807) is 0 Å². The molecule has 2 rings (SSSR count). The maximum Gasteiger partial charge on any atom is 0.311 e. The van der Waals surface area contributed by atoms with Crippen LogP contribution in [0.4, 0.5) is 4.39 Å². The van der Waals surface area contributed by atoms with Crippen LogP contribution in [0.5, 0.6) is 5.75 Å². The normalized spacial score (nSPS) is 11.9. The van der Waals surface area contributed by atoms with Gasteiger partial charge in [0.15, 0.2) is 0 Å². The summed E-state index contributed by atoms with van der Waals surface area (Å²) in [5, 5.41) is 9.44. The zero-order valence-corrected chi connectivity index (χ0v) is 13.2. The van der Waals surface area contributed by atoms with Gasteiger partial charge in [0.05, 0.1) is 12.5 Å². The standard InChI is InChI=1S/C19H21FO3/c1-2-3-12-23-17-10-4-14(5-11-17)13-18(19(21)22)15-6-8-16(20)9-7-15/h4-11,18H,2-3,12-13H2,1H3,(H,21,22). The molecule has 0 aliphatic rings. The Morgan fingerprint density at radius 3 is 2.35 bits per heavy atom. The van der Waals surface area contributed by atoms with Crippen LogP contribution in [0, 0.1) is 5.82 Å². The Morgan fingerprint density at radius 2 is 1.78 bits per heavy atom. The van der Waals surface area contributed by atoms with E-state index in [4.69, 9.17) is 4.74 Å². The largest absolute Gasteiger partial charge is 0.494 e. The molecule has 0 radical (unpaired) electrons. The van der Waals surface area contributed by atoms with Gasteiger partial charge in [-0.05, 0) is 48.2 Å². The molecule has 0 aromatic heterocycles. The summed E-state index contributed by atoms with van der Waals surface area (Å²) in [4.78, 5) is 11.5. The monoisotopic (exact) mass is 316 g/mol. The van der Waals surface area contributed by atoms with Gasteiger partial charge < -0.3 is 9.84 Å². The Bertz CT molecular complexity index is 620. The maximum absolute atomic E-state index is 13.0. The van der Waals surface area contributed by atoms with Crippen LogP contribution in [-0.2, 0) is 11.2 Å². The molecule has 0 saturated heterocycles. The van der Waals surface area contributed by atoms with Crippen molar-refractivity contribution in [2.45, 2.75) is 32.1 Å². The third kappa shape index (κ3) is 5.09. The Labute approximate surface area is 135 Å². The van der Waals surface area contributed by atoms with Crippen LogP contribution in [0.25, 0.3) is 0 Å². The second-order valence-corrected chi connectivity index (χ2v) is 5.49. The van der Waals surface area contributed by atoms with Gasteiger partial charge in [0.2, 0.25) is 0 Å². The van der Waals surface area contributed by atoms with Crippen LogP contribution >= 0.6 is 0 Å². The van der Waals surface area contributed by atoms with Crippen molar-refractivity contribution >= 4 is 5.97 Å². The summed E-state index contributed by atoms with van der Waals surface area (Å²) in [6.07, 6.45) is 2.44. The smallest absolute Gasteiger partial charge is 0.311 e. The summed E-state index contributed by atoms with van der Waals surface area (Å²) in [5.74, 6) is -1.19. The minimum Gasteiger partial charge on any atom is -0.494 e. The quantitative estimate of drug-likeness (QED) is 0.734. The molecule has 1 atom stereocenters. The van der Waals surface area contributed by atoms with Gasteiger partial charge >= 0.3 is 5.97 Å². The lowest BCUT2D eigenvalue weighted by atomic mass is 9.92. The predicted molar refractivity (Wildman–Crippen MR) is 87.3 cm³/mol. The second kappa shape index (κ2) is 8.32. The lowest BCUT2D eigenvalue weighted by Crippen LogP contribution is -2.14. The van der Waals surface area contributed by atoms with Gasteiger partial charge in [-0.2, -0.15) is 0 Å². The number of carboxylic acids is 1. The molecule has 2 aromatic carbocycles. The number of benzene rings is 2. The summed E-state index contributed by atoms with van der Waals surface area (Å²) in [6, 6.07) is 13.1. The number of halogens is 1. The van der Waals surface area contributed by atoms with E-state index >= 15 is 0 Å². The van der Waals surface area contributed by atoms with Crippen LogP contribution in [0.1, 0.15) is 36.8 Å². The molecule has 0 aliphatic heterocycles. The number of unbranched alkanes of at least 4 members (excludes halogenated alkanes) is 1. The SMILES string of the molecule is CCCCOc1ccc(CC(C(=O)O)c2ccc(F)cc2)cc1. The first kappa shape index (κ1) is 17.0. The first-order chi connectivity index (χ1) is 11.1. The number of rotatable bonds is 8. The summed E-state index contributed by atoms with van der Waals surface area (Å²) in [7, 11) is 0. The summed E-state index contributed by atoms with van der Waals surface area (Å²) in [6.45, 7) is 2.79. The van der Waals surface area contributed by atoms with Crippen molar-refractivity contribution in [2.75, 3.05) is 6.61 Å². The van der Waals surface area contributed by atoms with E-state index < -0.39 is 11.9 Å². The predicted octanol–water partition coefficient (Wildman–Crippen LogP) is 4.42. The first-order valence-electron chi connectivity index (χ1n) is 7.80. The molecule has 0 fully saturated rings. The molecule has 0 aliphatic carbocycles. The zero-order chi connectivity index (χ0) is 16.7. The van der Waals surface area contributed by atoms with Gasteiger partial charge in [-0.1, -0.05) is 37.6 Å². The van der Waals surface area contributed by atoms with Crippen LogP contribution in [0.3, 0.4) is 0 Å². The summed E-state index contributed by atoms with van der Waals surface area (Å²) in [5.41, 5.74) is 1.51. The van der Waals surface area contributed by atoms with Crippen molar-refractivity contribution < 1.29 is 19.0 Å². The van der Waals surface area contributed by atoms with Crippen molar-refractivity contribution in [2.24, 2.45) is 0 Å². The average Bonchev–Trinajstić information content (AvgIpc) is 2.55. The molecule has 0 amide bonds. The van der Waals surface area contributed by atoms with Crippen LogP contribution < -0.4 is 4.74 Å². The molecule has 0 bridgehead atoms. The van der Waals surface area contributed by atoms with Crippen molar-refractivity contribution in [3.63, 3.8) is 0 Å². The average molecular weight is 316 g/mol. The number of ether oxygens (including phenoxy) is 1. The fourth-order valence-corrected chi connectivity index (χ4v) is 2.33. The van der Waals surface area contributed by atoms with Gasteiger partial charge in [-0.25, -0.2) is 4.39 Å². The molecule has 0 spiro atoms. The molecule has 1 unspecified atom stereocenters. The zero-order valence-electron chi connectivity index (χ0n) is 13.2. The van der Waals surface area contributed by atoms with E-state index in [1.165, 1.54) is 24.3 Å². The molecule has 3 nitrogen and oxygen atoms in total. The third-order valence-electron chi connectivity index (χ3n) is 3.70. The van der Waals surface area contributed by atoms with Gasteiger partial charge in [0.25, 0.3) is 0 Å². The highest BCUT2D eigenvalue weighted by atomic mass is 19.1. The molecular weight excluding hydrogens is 295 g/mol. The van der Waals surface area contributed by atoms with Gasteiger partial charge in [-0.3, -0.25) is 4.79 Å². The summed E-state index contributed by atoms with van der Waals surface area (Å²) < 4.78 is 18.6. The highest BCUT2D eigenvalue weighted by Gasteiger charge is 2.20. The van der Waals surface area contributed by atoms with Crippen molar-refractivity contribution in [1.82, 2.24) is 0 Å². The first-order valence-corrected chi connectivity index (χ1v) is 7.80. The van der Waals surface area contributed by atoms with Gasteiger partial charge in [0.1, 0.15) is 11.6 Å². The molecule has 1 N–H and O–H groups in total. The van der Waals surface area contributed by atoms with Crippen LogP contribution in [0.2, 0.25) is 0 Å². The number of hydrogen-bond donors (Lipinski definition) is 1. The molecule has 0 saturated carbocycles. The lowest BCUT2D eigenvalue weighted by molar-refractivity contribution is -0.138. The minimum atomic E-state index is -0.917. The Kier molecular flexibility index (Phi) is 6.15. The van der Waals surface area contributed by atoms with Crippen molar-refractivity contribution in [3.8, 4) is 5.75 Å². The topological polar surface area (TPSA) is 46.5 Å². The van der Waals surface area contributed by atoms with Crippen LogP contribution in [0.15, 0.2) is 48.5 Å². The Hall–Kier alpha value is -2.36. The second-order valence-electron chi connectivity index (χ2n) is 5.49. The van der Waals surface area contributed by atoms with E-state index in [1.807, 2.05) is 24.3 Å². The van der Waals surface area contributed by atoms with E-state index in [0.29, 0.717) is 18.6 Å². The molecule has 2 aromatic rings. The lowest BCUT2D eigenvalue weighted by Gasteiger charge is -2.13. The van der Waals surface area contributed by atoms with Crippen molar-refractivity contribution in [1.29, 1.82) is 0 Å². The fraction of sp³-hybridized carbons (Fsp3) is 0.316. The van der Waals surface area contributed by atoms with E-state index in [9.17, 15) is 14.3 Å².